The molecule has 2 aliphatic rings. The molecule has 0 saturated carbocycles. The van der Waals surface area contributed by atoms with E-state index in [0.29, 0.717) is 45.9 Å². The Kier molecular flexibility index (Phi) is 9.11. The lowest BCUT2D eigenvalue weighted by molar-refractivity contribution is 0.597. The van der Waals surface area contributed by atoms with Gasteiger partial charge in [-0.15, -0.1) is 0 Å². The van der Waals surface area contributed by atoms with Crippen LogP contribution in [0.4, 0.5) is 0 Å². The van der Waals surface area contributed by atoms with Gasteiger partial charge >= 0.3 is 0 Å². The fourth-order valence-corrected chi connectivity index (χ4v) is 12.2. The summed E-state index contributed by atoms with van der Waals surface area (Å²) in [6.45, 7) is 27.4. The molecule has 2 aliphatic heterocycles. The van der Waals surface area contributed by atoms with E-state index in [1.165, 1.54) is 43.8 Å². The maximum absolute atomic E-state index is 5.71. The van der Waals surface area contributed by atoms with Crippen LogP contribution >= 0.6 is 0 Å². The summed E-state index contributed by atoms with van der Waals surface area (Å²) in [5.41, 5.74) is 10.2. The molecule has 3 aromatic heterocycles. The minimum atomic E-state index is -0.287. The Morgan fingerprint density at radius 2 is 0.583 bits per heavy atom. The third kappa shape index (κ3) is 6.57. The lowest BCUT2D eigenvalue weighted by atomic mass is 9.79. The van der Waals surface area contributed by atoms with Crippen LogP contribution < -0.4 is 0 Å². The van der Waals surface area contributed by atoms with E-state index in [1.54, 1.807) is 0 Å². The Morgan fingerprint density at radius 1 is 0.292 bits per heavy atom. The lowest BCUT2D eigenvalue weighted by Gasteiger charge is -2.25. The molecule has 0 saturated heterocycles. The SMILES string of the molecule is CC(C)(C)c1c2c(cc3ccccc13)-c1nc-2nc2[nH]c(nc3nc(nc4[nH]c(n1)c1c(C(C)(C)C)c5ccccc5cc41)-c1c-3cc3ccccc3c1C(C)(C)C)c1c(C(C)(C)C)c3ccccc3cc21. The van der Waals surface area contributed by atoms with Gasteiger partial charge in [-0.2, -0.15) is 0 Å². The number of benzene rings is 8. The third-order valence-corrected chi connectivity index (χ3v) is 14.9. The Balaban J connectivity index is 1.32. The highest BCUT2D eigenvalue weighted by Gasteiger charge is 2.34. The summed E-state index contributed by atoms with van der Waals surface area (Å²) in [6.07, 6.45) is 0. The molecule has 8 bridgehead atoms. The van der Waals surface area contributed by atoms with E-state index in [2.05, 4.69) is 214 Å². The maximum atomic E-state index is 5.71. The topological polar surface area (TPSA) is 109 Å². The molecule has 0 radical (unpaired) electrons. The van der Waals surface area contributed by atoms with Crippen molar-refractivity contribution in [3.63, 3.8) is 0 Å². The molecular weight excluding hydrogens is 881 g/mol. The zero-order valence-corrected chi connectivity index (χ0v) is 43.2. The first-order valence-electron chi connectivity index (χ1n) is 25.3. The summed E-state index contributed by atoms with van der Waals surface area (Å²) in [6, 6.07) is 43.8. The zero-order chi connectivity index (χ0) is 50.0. The normalized spacial score (nSPS) is 13.3. The Bertz CT molecular complexity index is 4090. The fourth-order valence-electron chi connectivity index (χ4n) is 12.2. The van der Waals surface area contributed by atoms with Crippen molar-refractivity contribution in [1.82, 2.24) is 39.9 Å². The minimum absolute atomic E-state index is 0.281. The fraction of sp³-hybridized carbons (Fsp3) is 0.250. The number of fused-ring (bicyclic) bond motifs is 24. The molecule has 72 heavy (non-hydrogen) atoms. The number of aromatic nitrogens is 8. The minimum Gasteiger partial charge on any atom is -0.324 e. The predicted octanol–water partition coefficient (Wildman–Crippen LogP) is 16.7. The van der Waals surface area contributed by atoms with Crippen molar-refractivity contribution in [3.05, 3.63) is 144 Å². The van der Waals surface area contributed by atoms with Crippen molar-refractivity contribution in [2.45, 2.75) is 105 Å². The van der Waals surface area contributed by atoms with E-state index in [9.17, 15) is 0 Å². The average molecular weight is 939 g/mol. The number of nitrogens with one attached hydrogen (secondary N) is 2. The van der Waals surface area contributed by atoms with Gasteiger partial charge in [0.2, 0.25) is 0 Å². The quantitative estimate of drug-likeness (QED) is 0.157. The molecule has 0 spiro atoms. The van der Waals surface area contributed by atoms with Gasteiger partial charge in [0.05, 0.1) is 0 Å². The molecular formula is C64H58N8. The summed E-state index contributed by atoms with van der Waals surface area (Å²) in [7, 11) is 0. The molecule has 0 amide bonds. The van der Waals surface area contributed by atoms with E-state index in [1.807, 2.05) is 0 Å². The van der Waals surface area contributed by atoms with Crippen molar-refractivity contribution in [3.8, 4) is 45.6 Å². The van der Waals surface area contributed by atoms with Gasteiger partial charge in [0, 0.05) is 43.8 Å². The summed E-state index contributed by atoms with van der Waals surface area (Å²) in [5, 5.41) is 13.2. The highest BCUT2D eigenvalue weighted by molar-refractivity contribution is 6.17. The van der Waals surface area contributed by atoms with E-state index in [-0.39, 0.29) is 21.7 Å². The van der Waals surface area contributed by atoms with Gasteiger partial charge in [-0.05, 0) is 111 Å². The van der Waals surface area contributed by atoms with Crippen LogP contribution in [0.1, 0.15) is 105 Å². The number of nitrogens with zero attached hydrogens (tertiary/aromatic N) is 6. The maximum Gasteiger partial charge on any atom is 0.165 e. The number of rotatable bonds is 0. The Morgan fingerprint density at radius 3 is 0.917 bits per heavy atom. The van der Waals surface area contributed by atoms with Crippen LogP contribution in [0.2, 0.25) is 0 Å². The highest BCUT2D eigenvalue weighted by Crippen LogP contribution is 2.49. The molecule has 0 aliphatic carbocycles. The number of hydrogen-bond donors (Lipinski definition) is 2. The van der Waals surface area contributed by atoms with Crippen LogP contribution in [0.25, 0.3) is 133 Å². The van der Waals surface area contributed by atoms with E-state index in [4.69, 9.17) is 29.9 Å². The van der Waals surface area contributed by atoms with Gasteiger partial charge in [-0.3, -0.25) is 0 Å². The van der Waals surface area contributed by atoms with Crippen molar-refractivity contribution < 1.29 is 0 Å². The summed E-state index contributed by atoms with van der Waals surface area (Å²) in [5.74, 6) is 2.40. The van der Waals surface area contributed by atoms with E-state index < -0.39 is 0 Å². The van der Waals surface area contributed by atoms with Crippen molar-refractivity contribution in [2.75, 3.05) is 0 Å². The zero-order valence-electron chi connectivity index (χ0n) is 43.2. The largest absolute Gasteiger partial charge is 0.324 e. The van der Waals surface area contributed by atoms with E-state index in [0.717, 1.165) is 65.3 Å². The molecule has 354 valence electrons. The van der Waals surface area contributed by atoms with Crippen molar-refractivity contribution >= 4 is 87.2 Å². The number of aromatic amines is 2. The Labute approximate surface area is 419 Å². The summed E-state index contributed by atoms with van der Waals surface area (Å²) < 4.78 is 0. The standard InChI is InChI=1S/C64H58N8/c1-61(2,3)49-37-25-17-13-21-33(37)29-41-45(49)57-65-53(41)70-58-47-43(31-35-23-15-19-27-39(35)51(47)63(7,8)9)55(67-58)72-60-48-44(32-36-24-16-20-28-40(36)52(48)64(10,11)12)56(68-60)71-59-46-42(54(66-59)69-57)30-34-22-14-18-26-38(34)50(46)62(4,5)6/h13-32H,1-12H3,(H2,65,66,67,68,69,70,71,72). The first-order valence-corrected chi connectivity index (χ1v) is 25.3. The first-order chi connectivity index (χ1) is 34.2. The molecule has 0 unspecified atom stereocenters. The number of H-pyrrole nitrogens is 2. The molecule has 8 aromatic carbocycles. The average Bonchev–Trinajstić information content (AvgIpc) is 4.04. The van der Waals surface area contributed by atoms with Crippen LogP contribution in [0.5, 0.6) is 0 Å². The second kappa shape index (κ2) is 14.9. The van der Waals surface area contributed by atoms with Crippen molar-refractivity contribution in [1.29, 1.82) is 0 Å². The molecule has 2 N–H and O–H groups in total. The van der Waals surface area contributed by atoms with Gasteiger partial charge < -0.3 is 9.97 Å². The van der Waals surface area contributed by atoms with Crippen LogP contribution in [0.15, 0.2) is 121 Å². The summed E-state index contributed by atoms with van der Waals surface area (Å²) >= 11 is 0. The second-order valence-electron chi connectivity index (χ2n) is 24.2. The highest BCUT2D eigenvalue weighted by atomic mass is 15.1. The molecule has 0 atom stereocenters. The monoisotopic (exact) mass is 938 g/mol. The van der Waals surface area contributed by atoms with Gasteiger partial charge in [0.15, 0.2) is 23.3 Å². The molecule has 8 nitrogen and oxygen atoms in total. The molecule has 11 aromatic rings. The number of hydrogen-bond acceptors (Lipinski definition) is 6. The van der Waals surface area contributed by atoms with Crippen LogP contribution in [-0.4, -0.2) is 39.9 Å². The van der Waals surface area contributed by atoms with E-state index >= 15 is 0 Å². The lowest BCUT2D eigenvalue weighted by Crippen LogP contribution is -2.14. The van der Waals surface area contributed by atoms with Crippen LogP contribution in [0.3, 0.4) is 0 Å². The predicted molar refractivity (Wildman–Crippen MR) is 301 cm³/mol. The van der Waals surface area contributed by atoms with Crippen LogP contribution in [0, 0.1) is 0 Å². The van der Waals surface area contributed by atoms with Gasteiger partial charge in [-0.25, -0.2) is 29.9 Å². The molecule has 5 heterocycles. The second-order valence-corrected chi connectivity index (χ2v) is 24.2. The smallest absolute Gasteiger partial charge is 0.165 e. The van der Waals surface area contributed by atoms with Crippen molar-refractivity contribution in [2.24, 2.45) is 0 Å². The Hall–Kier alpha value is -7.84. The third-order valence-electron chi connectivity index (χ3n) is 14.9. The van der Waals surface area contributed by atoms with Gasteiger partial charge in [0.25, 0.3) is 0 Å². The molecule has 13 rings (SSSR count). The van der Waals surface area contributed by atoms with Gasteiger partial charge in [0.1, 0.15) is 22.6 Å². The molecule has 8 heteroatoms. The van der Waals surface area contributed by atoms with Crippen LogP contribution in [-0.2, 0) is 21.7 Å². The van der Waals surface area contributed by atoms with Gasteiger partial charge in [-0.1, -0.05) is 180 Å². The summed E-state index contributed by atoms with van der Waals surface area (Å²) in [4.78, 5) is 41.7. The first kappa shape index (κ1) is 44.1. The molecule has 0 fully saturated rings.